The molecule has 1 saturated carbocycles. The molecule has 0 bridgehead atoms. The van der Waals surface area contributed by atoms with Crippen molar-refractivity contribution in [1.82, 2.24) is 15.1 Å². The van der Waals surface area contributed by atoms with Crippen molar-refractivity contribution >= 4 is 0 Å². The summed E-state index contributed by atoms with van der Waals surface area (Å²) >= 11 is 0. The second kappa shape index (κ2) is 6.53. The standard InChI is InChI=1S/C14H27N3/c1-3-6-15-11-13(2)12-16-7-9-17(10-8-16)14-4-5-14/h14-15H,2-12H2,1H3. The average molecular weight is 237 g/mol. The maximum Gasteiger partial charge on any atom is 0.0203 e. The normalized spacial score (nSPS) is 22.9. The number of rotatable bonds is 7. The molecule has 0 atom stereocenters. The molecule has 0 aromatic rings. The summed E-state index contributed by atoms with van der Waals surface area (Å²) in [6, 6.07) is 0.937. The summed E-state index contributed by atoms with van der Waals surface area (Å²) in [7, 11) is 0. The molecular weight excluding hydrogens is 210 g/mol. The Morgan fingerprint density at radius 2 is 1.94 bits per heavy atom. The van der Waals surface area contributed by atoms with Crippen molar-refractivity contribution < 1.29 is 0 Å². The van der Waals surface area contributed by atoms with E-state index in [1.165, 1.54) is 51.0 Å². The summed E-state index contributed by atoms with van der Waals surface area (Å²) in [4.78, 5) is 5.21. The van der Waals surface area contributed by atoms with Gasteiger partial charge in [0.25, 0.3) is 0 Å². The maximum absolute atomic E-state index is 4.17. The van der Waals surface area contributed by atoms with Crippen molar-refractivity contribution in [2.24, 2.45) is 0 Å². The van der Waals surface area contributed by atoms with Crippen LogP contribution in [0.25, 0.3) is 0 Å². The lowest BCUT2D eigenvalue weighted by Gasteiger charge is -2.35. The van der Waals surface area contributed by atoms with Crippen molar-refractivity contribution in [2.45, 2.75) is 32.2 Å². The molecule has 0 aromatic carbocycles. The highest BCUT2D eigenvalue weighted by atomic mass is 15.3. The zero-order valence-corrected chi connectivity index (χ0v) is 11.2. The molecule has 98 valence electrons. The van der Waals surface area contributed by atoms with Gasteiger partial charge in [-0.25, -0.2) is 0 Å². The van der Waals surface area contributed by atoms with Gasteiger partial charge in [0.2, 0.25) is 0 Å². The van der Waals surface area contributed by atoms with Crippen LogP contribution in [0.4, 0.5) is 0 Å². The van der Waals surface area contributed by atoms with E-state index in [0.717, 1.165) is 25.7 Å². The van der Waals surface area contributed by atoms with Crippen LogP contribution in [0.3, 0.4) is 0 Å². The third kappa shape index (κ3) is 4.41. The molecule has 2 rings (SSSR count). The second-order valence-corrected chi connectivity index (χ2v) is 5.47. The average Bonchev–Trinajstić information content (AvgIpc) is 3.14. The highest BCUT2D eigenvalue weighted by molar-refractivity contribution is 5.00. The lowest BCUT2D eigenvalue weighted by molar-refractivity contribution is 0.134. The number of hydrogen-bond acceptors (Lipinski definition) is 3. The molecule has 0 aromatic heterocycles. The summed E-state index contributed by atoms with van der Waals surface area (Å²) in [5.41, 5.74) is 1.33. The first-order valence-corrected chi connectivity index (χ1v) is 7.13. The predicted octanol–water partition coefficient (Wildman–Crippen LogP) is 1.32. The minimum atomic E-state index is 0.937. The lowest BCUT2D eigenvalue weighted by atomic mass is 10.2. The van der Waals surface area contributed by atoms with E-state index >= 15 is 0 Å². The third-order valence-corrected chi connectivity index (χ3v) is 3.72. The van der Waals surface area contributed by atoms with Crippen molar-refractivity contribution in [3.63, 3.8) is 0 Å². The van der Waals surface area contributed by atoms with Gasteiger partial charge < -0.3 is 5.32 Å². The van der Waals surface area contributed by atoms with E-state index in [9.17, 15) is 0 Å². The molecule has 1 aliphatic carbocycles. The number of nitrogens with zero attached hydrogens (tertiary/aromatic N) is 2. The number of piperazine rings is 1. The van der Waals surface area contributed by atoms with Gasteiger partial charge >= 0.3 is 0 Å². The van der Waals surface area contributed by atoms with E-state index in [2.05, 4.69) is 28.6 Å². The van der Waals surface area contributed by atoms with E-state index in [1.54, 1.807) is 0 Å². The molecule has 0 amide bonds. The molecule has 1 aliphatic heterocycles. The van der Waals surface area contributed by atoms with Crippen LogP contribution >= 0.6 is 0 Å². The number of nitrogens with one attached hydrogen (secondary N) is 1. The van der Waals surface area contributed by atoms with Gasteiger partial charge in [-0.1, -0.05) is 13.5 Å². The first-order chi connectivity index (χ1) is 8.29. The van der Waals surface area contributed by atoms with Gasteiger partial charge in [-0.05, 0) is 31.4 Å². The zero-order chi connectivity index (χ0) is 12.1. The summed E-state index contributed by atoms with van der Waals surface area (Å²) < 4.78 is 0. The van der Waals surface area contributed by atoms with Gasteiger partial charge in [0.15, 0.2) is 0 Å². The SMILES string of the molecule is C=C(CNCCC)CN1CCN(C2CC2)CC1. The van der Waals surface area contributed by atoms with E-state index < -0.39 is 0 Å². The summed E-state index contributed by atoms with van der Waals surface area (Å²) in [6.45, 7) is 14.5. The molecule has 0 unspecified atom stereocenters. The fourth-order valence-electron chi connectivity index (χ4n) is 2.54. The fourth-order valence-corrected chi connectivity index (χ4v) is 2.54. The molecule has 3 heteroatoms. The van der Waals surface area contributed by atoms with Gasteiger partial charge in [-0.15, -0.1) is 0 Å². The third-order valence-electron chi connectivity index (χ3n) is 3.72. The Morgan fingerprint density at radius 3 is 2.53 bits per heavy atom. The topological polar surface area (TPSA) is 18.5 Å². The Morgan fingerprint density at radius 1 is 1.24 bits per heavy atom. The molecule has 1 saturated heterocycles. The highest BCUT2D eigenvalue weighted by Crippen LogP contribution is 2.27. The maximum atomic E-state index is 4.17. The highest BCUT2D eigenvalue weighted by Gasteiger charge is 2.30. The largest absolute Gasteiger partial charge is 0.313 e. The van der Waals surface area contributed by atoms with E-state index in [0.29, 0.717) is 0 Å². The fraction of sp³-hybridized carbons (Fsp3) is 0.857. The lowest BCUT2D eigenvalue weighted by Crippen LogP contribution is -2.47. The molecule has 0 spiro atoms. The van der Waals surface area contributed by atoms with Gasteiger partial charge in [-0.2, -0.15) is 0 Å². The molecule has 1 N–H and O–H groups in total. The van der Waals surface area contributed by atoms with E-state index in [1.807, 2.05) is 0 Å². The Bertz CT molecular complexity index is 240. The van der Waals surface area contributed by atoms with Gasteiger partial charge in [0, 0.05) is 45.3 Å². The summed E-state index contributed by atoms with van der Waals surface area (Å²) in [6.07, 6.45) is 4.08. The Labute approximate surface area is 106 Å². The Kier molecular flexibility index (Phi) is 5.01. The van der Waals surface area contributed by atoms with Crippen LogP contribution in [0.2, 0.25) is 0 Å². The molecular formula is C14H27N3. The second-order valence-electron chi connectivity index (χ2n) is 5.47. The van der Waals surface area contributed by atoms with Crippen molar-refractivity contribution in [1.29, 1.82) is 0 Å². The molecule has 0 radical (unpaired) electrons. The first-order valence-electron chi connectivity index (χ1n) is 7.13. The van der Waals surface area contributed by atoms with Crippen LogP contribution in [0.1, 0.15) is 26.2 Å². The molecule has 2 aliphatic rings. The summed E-state index contributed by atoms with van der Waals surface area (Å²) in [5, 5.41) is 3.42. The van der Waals surface area contributed by atoms with Crippen LogP contribution in [-0.2, 0) is 0 Å². The van der Waals surface area contributed by atoms with Crippen LogP contribution in [0, 0.1) is 0 Å². The molecule has 17 heavy (non-hydrogen) atoms. The van der Waals surface area contributed by atoms with E-state index in [-0.39, 0.29) is 0 Å². The quantitative estimate of drug-likeness (QED) is 0.532. The van der Waals surface area contributed by atoms with Crippen molar-refractivity contribution in [3.05, 3.63) is 12.2 Å². The molecule has 1 heterocycles. The van der Waals surface area contributed by atoms with E-state index in [4.69, 9.17) is 0 Å². The molecule has 3 nitrogen and oxygen atoms in total. The zero-order valence-electron chi connectivity index (χ0n) is 11.2. The first kappa shape index (κ1) is 13.1. The minimum absolute atomic E-state index is 0.937. The van der Waals surface area contributed by atoms with Gasteiger partial charge in [-0.3, -0.25) is 9.80 Å². The van der Waals surface area contributed by atoms with Crippen molar-refractivity contribution in [2.75, 3.05) is 45.8 Å². The van der Waals surface area contributed by atoms with Crippen LogP contribution in [0.15, 0.2) is 12.2 Å². The smallest absolute Gasteiger partial charge is 0.0203 e. The Hall–Kier alpha value is -0.380. The minimum Gasteiger partial charge on any atom is -0.313 e. The van der Waals surface area contributed by atoms with Gasteiger partial charge in [0.1, 0.15) is 0 Å². The van der Waals surface area contributed by atoms with Crippen LogP contribution in [0.5, 0.6) is 0 Å². The van der Waals surface area contributed by atoms with Gasteiger partial charge in [0.05, 0.1) is 0 Å². The number of hydrogen-bond donors (Lipinski definition) is 1. The van der Waals surface area contributed by atoms with Crippen LogP contribution in [-0.4, -0.2) is 61.7 Å². The monoisotopic (exact) mass is 237 g/mol. The summed E-state index contributed by atoms with van der Waals surface area (Å²) in [5.74, 6) is 0. The Balaban J connectivity index is 1.58. The van der Waals surface area contributed by atoms with Crippen LogP contribution < -0.4 is 5.32 Å². The van der Waals surface area contributed by atoms with Crippen molar-refractivity contribution in [3.8, 4) is 0 Å². The predicted molar refractivity (Wildman–Crippen MR) is 73.3 cm³/mol. The molecule has 2 fully saturated rings.